The molecule has 1 aromatic heterocycles. The zero-order valence-corrected chi connectivity index (χ0v) is 9.29. The molecule has 1 aromatic rings. The zero-order chi connectivity index (χ0) is 11.5. The Morgan fingerprint density at radius 2 is 2.38 bits per heavy atom. The standard InChI is InChI=1S/C9H12ClN5O/c10-6-7(11)13-4-14-8(6)15-5-2-1-3-12-9(5)16/h4-5H,1-3H2,(H,12,16)(H3,11,13,14,15). The van der Waals surface area contributed by atoms with Crippen LogP contribution in [0.1, 0.15) is 12.8 Å². The van der Waals surface area contributed by atoms with E-state index in [0.29, 0.717) is 5.82 Å². The van der Waals surface area contributed by atoms with E-state index >= 15 is 0 Å². The molecule has 86 valence electrons. The Morgan fingerprint density at radius 1 is 1.56 bits per heavy atom. The first-order chi connectivity index (χ1) is 7.68. The molecule has 1 saturated heterocycles. The van der Waals surface area contributed by atoms with Crippen LogP contribution in [-0.4, -0.2) is 28.5 Å². The molecule has 6 nitrogen and oxygen atoms in total. The van der Waals surface area contributed by atoms with E-state index < -0.39 is 0 Å². The van der Waals surface area contributed by atoms with Crippen molar-refractivity contribution in [3.63, 3.8) is 0 Å². The minimum atomic E-state index is -0.305. The number of carbonyl (C=O) groups is 1. The van der Waals surface area contributed by atoms with Crippen LogP contribution < -0.4 is 16.4 Å². The number of hydrogen-bond donors (Lipinski definition) is 3. The molecule has 1 amide bonds. The fourth-order valence-electron chi connectivity index (χ4n) is 1.56. The lowest BCUT2D eigenvalue weighted by Crippen LogP contribution is -2.44. The lowest BCUT2D eigenvalue weighted by Gasteiger charge is -2.23. The first-order valence-corrected chi connectivity index (χ1v) is 5.36. The Labute approximate surface area is 97.6 Å². The molecule has 0 spiro atoms. The summed E-state index contributed by atoms with van der Waals surface area (Å²) in [7, 11) is 0. The van der Waals surface area contributed by atoms with Gasteiger partial charge in [0.2, 0.25) is 5.91 Å². The Kier molecular flexibility index (Phi) is 3.09. The first kappa shape index (κ1) is 10.9. The second-order valence-corrected chi connectivity index (χ2v) is 3.93. The summed E-state index contributed by atoms with van der Waals surface area (Å²) in [5.41, 5.74) is 5.54. The molecule has 0 aromatic carbocycles. The summed E-state index contributed by atoms with van der Waals surface area (Å²) in [5, 5.41) is 5.98. The molecule has 2 rings (SSSR count). The molecule has 7 heteroatoms. The number of aromatic nitrogens is 2. The van der Waals surface area contributed by atoms with Gasteiger partial charge in [0.25, 0.3) is 0 Å². The third-order valence-electron chi connectivity index (χ3n) is 2.41. The highest BCUT2D eigenvalue weighted by Crippen LogP contribution is 2.24. The van der Waals surface area contributed by atoms with Crippen LogP contribution in [-0.2, 0) is 4.79 Å². The minimum Gasteiger partial charge on any atom is -0.382 e. The number of halogens is 1. The van der Waals surface area contributed by atoms with Crippen molar-refractivity contribution in [2.24, 2.45) is 0 Å². The van der Waals surface area contributed by atoms with Gasteiger partial charge in [-0.3, -0.25) is 4.79 Å². The van der Waals surface area contributed by atoms with Gasteiger partial charge in [0, 0.05) is 6.54 Å². The molecular weight excluding hydrogens is 230 g/mol. The van der Waals surface area contributed by atoms with Crippen LogP contribution in [0.2, 0.25) is 5.02 Å². The SMILES string of the molecule is Nc1ncnc(NC2CCCNC2=O)c1Cl. The number of nitrogens with one attached hydrogen (secondary N) is 2. The number of carbonyl (C=O) groups excluding carboxylic acids is 1. The van der Waals surface area contributed by atoms with Crippen LogP contribution in [0.15, 0.2) is 6.33 Å². The molecule has 0 bridgehead atoms. The lowest BCUT2D eigenvalue weighted by molar-refractivity contribution is -0.123. The highest BCUT2D eigenvalue weighted by atomic mass is 35.5. The summed E-state index contributed by atoms with van der Waals surface area (Å²) in [6.07, 6.45) is 3.00. The van der Waals surface area contributed by atoms with Gasteiger partial charge in [-0.25, -0.2) is 9.97 Å². The average Bonchev–Trinajstić information content (AvgIpc) is 2.28. The van der Waals surface area contributed by atoms with Gasteiger partial charge in [-0.1, -0.05) is 11.6 Å². The monoisotopic (exact) mass is 241 g/mol. The lowest BCUT2D eigenvalue weighted by atomic mass is 10.1. The third kappa shape index (κ3) is 2.16. The largest absolute Gasteiger partial charge is 0.382 e. The van der Waals surface area contributed by atoms with Crippen LogP contribution in [0.3, 0.4) is 0 Å². The Morgan fingerprint density at radius 3 is 3.12 bits per heavy atom. The number of rotatable bonds is 2. The van der Waals surface area contributed by atoms with Gasteiger partial charge in [-0.2, -0.15) is 0 Å². The van der Waals surface area contributed by atoms with Crippen LogP contribution >= 0.6 is 11.6 Å². The molecule has 1 fully saturated rings. The van der Waals surface area contributed by atoms with Gasteiger partial charge in [0.15, 0.2) is 5.82 Å². The van der Waals surface area contributed by atoms with Crippen LogP contribution in [0.4, 0.5) is 11.6 Å². The maximum absolute atomic E-state index is 11.5. The highest BCUT2D eigenvalue weighted by Gasteiger charge is 2.23. The quantitative estimate of drug-likeness (QED) is 0.697. The van der Waals surface area contributed by atoms with Crippen molar-refractivity contribution in [2.45, 2.75) is 18.9 Å². The van der Waals surface area contributed by atoms with Crippen molar-refractivity contribution in [1.82, 2.24) is 15.3 Å². The highest BCUT2D eigenvalue weighted by molar-refractivity contribution is 6.35. The van der Waals surface area contributed by atoms with E-state index in [1.165, 1.54) is 6.33 Å². The number of hydrogen-bond acceptors (Lipinski definition) is 5. The summed E-state index contributed by atoms with van der Waals surface area (Å²) >= 11 is 5.92. The van der Waals surface area contributed by atoms with Crippen molar-refractivity contribution in [2.75, 3.05) is 17.6 Å². The van der Waals surface area contributed by atoms with E-state index in [0.717, 1.165) is 19.4 Å². The zero-order valence-electron chi connectivity index (χ0n) is 8.53. The molecule has 4 N–H and O–H groups in total. The number of anilines is 2. The second kappa shape index (κ2) is 4.52. The van der Waals surface area contributed by atoms with Gasteiger partial charge in [-0.05, 0) is 12.8 Å². The predicted octanol–water partition coefficient (Wildman–Crippen LogP) is 0.403. The molecule has 0 radical (unpaired) electrons. The van der Waals surface area contributed by atoms with E-state index in [-0.39, 0.29) is 22.8 Å². The van der Waals surface area contributed by atoms with E-state index in [1.807, 2.05) is 0 Å². The van der Waals surface area contributed by atoms with Gasteiger partial charge in [-0.15, -0.1) is 0 Å². The number of nitrogen functional groups attached to an aromatic ring is 1. The van der Waals surface area contributed by atoms with E-state index in [2.05, 4.69) is 20.6 Å². The third-order valence-corrected chi connectivity index (χ3v) is 2.79. The molecular formula is C9H12ClN5O. The van der Waals surface area contributed by atoms with Crippen LogP contribution in [0.25, 0.3) is 0 Å². The normalized spacial score (nSPS) is 20.3. The molecule has 1 aliphatic heterocycles. The second-order valence-electron chi connectivity index (χ2n) is 3.55. The van der Waals surface area contributed by atoms with E-state index in [1.54, 1.807) is 0 Å². The van der Waals surface area contributed by atoms with Crippen LogP contribution in [0.5, 0.6) is 0 Å². The molecule has 1 aliphatic rings. The Balaban J connectivity index is 2.14. The smallest absolute Gasteiger partial charge is 0.242 e. The Bertz CT molecular complexity index is 411. The summed E-state index contributed by atoms with van der Waals surface area (Å²) in [6, 6.07) is -0.305. The fourth-order valence-corrected chi connectivity index (χ4v) is 1.71. The molecule has 16 heavy (non-hydrogen) atoms. The number of amides is 1. The number of piperidine rings is 1. The summed E-state index contributed by atoms with van der Waals surface area (Å²) in [6.45, 7) is 0.719. The van der Waals surface area contributed by atoms with Gasteiger partial charge < -0.3 is 16.4 Å². The summed E-state index contributed by atoms with van der Waals surface area (Å²) in [5.74, 6) is 0.561. The van der Waals surface area contributed by atoms with Crippen LogP contribution in [0, 0.1) is 0 Å². The maximum atomic E-state index is 11.5. The molecule has 0 aliphatic carbocycles. The maximum Gasteiger partial charge on any atom is 0.242 e. The first-order valence-electron chi connectivity index (χ1n) is 4.98. The number of nitrogens with zero attached hydrogens (tertiary/aromatic N) is 2. The molecule has 2 heterocycles. The predicted molar refractivity (Wildman–Crippen MR) is 61.1 cm³/mol. The molecule has 1 unspecified atom stereocenters. The van der Waals surface area contributed by atoms with E-state index in [9.17, 15) is 4.79 Å². The van der Waals surface area contributed by atoms with Crippen molar-refractivity contribution < 1.29 is 4.79 Å². The summed E-state index contributed by atoms with van der Waals surface area (Å²) in [4.78, 5) is 19.2. The molecule has 1 atom stereocenters. The number of nitrogens with two attached hydrogens (primary N) is 1. The van der Waals surface area contributed by atoms with E-state index in [4.69, 9.17) is 17.3 Å². The van der Waals surface area contributed by atoms with Crippen molar-refractivity contribution >= 4 is 29.1 Å². The van der Waals surface area contributed by atoms with Crippen molar-refractivity contribution in [1.29, 1.82) is 0 Å². The van der Waals surface area contributed by atoms with Gasteiger partial charge in [0.1, 0.15) is 23.2 Å². The minimum absolute atomic E-state index is 0.0421. The van der Waals surface area contributed by atoms with Crippen molar-refractivity contribution in [3.8, 4) is 0 Å². The summed E-state index contributed by atoms with van der Waals surface area (Å²) < 4.78 is 0. The molecule has 0 saturated carbocycles. The average molecular weight is 242 g/mol. The fraction of sp³-hybridized carbons (Fsp3) is 0.444. The Hall–Kier alpha value is -1.56. The van der Waals surface area contributed by atoms with Gasteiger partial charge in [0.05, 0.1) is 0 Å². The topological polar surface area (TPSA) is 92.9 Å². The van der Waals surface area contributed by atoms with Gasteiger partial charge >= 0.3 is 0 Å². The van der Waals surface area contributed by atoms with Crippen molar-refractivity contribution in [3.05, 3.63) is 11.3 Å².